The first kappa shape index (κ1) is 29.8. The molecule has 1 fully saturated rings. The molecule has 4 rings (SSSR count). The van der Waals surface area contributed by atoms with Gasteiger partial charge in [0, 0.05) is 17.1 Å². The Morgan fingerprint density at radius 3 is 2.27 bits per heavy atom. The van der Waals surface area contributed by atoms with Crippen molar-refractivity contribution in [3.8, 4) is 0 Å². The Labute approximate surface area is 245 Å². The van der Waals surface area contributed by atoms with Crippen LogP contribution in [0.3, 0.4) is 0 Å². The van der Waals surface area contributed by atoms with Crippen LogP contribution in [-0.4, -0.2) is 43.8 Å². The van der Waals surface area contributed by atoms with Crippen LogP contribution in [0.5, 0.6) is 0 Å². The Balaban J connectivity index is 1.66. The van der Waals surface area contributed by atoms with Gasteiger partial charge in [0.1, 0.15) is 12.6 Å². The first-order valence-corrected chi connectivity index (χ1v) is 15.9. The second-order valence-corrected chi connectivity index (χ2v) is 13.1. The lowest BCUT2D eigenvalue weighted by atomic mass is 9.95. The van der Waals surface area contributed by atoms with Gasteiger partial charge in [-0.15, -0.1) is 0 Å². The Kier molecular flexibility index (Phi) is 10.0. The summed E-state index contributed by atoms with van der Waals surface area (Å²) in [5, 5.41) is 3.13. The number of carbonyl (C=O) groups excluding carboxylic acids is 2. The lowest BCUT2D eigenvalue weighted by Gasteiger charge is -2.33. The zero-order valence-electron chi connectivity index (χ0n) is 22.9. The van der Waals surface area contributed by atoms with Crippen LogP contribution < -0.4 is 9.62 Å². The predicted octanol–water partition coefficient (Wildman–Crippen LogP) is 5.82. The van der Waals surface area contributed by atoms with Gasteiger partial charge in [0.25, 0.3) is 10.0 Å². The number of hydrogen-bond acceptors (Lipinski definition) is 4. The van der Waals surface area contributed by atoms with Crippen molar-refractivity contribution in [2.45, 2.75) is 69.5 Å². The Bertz CT molecular complexity index is 1410. The van der Waals surface area contributed by atoms with Crippen LogP contribution in [0.4, 0.5) is 5.69 Å². The molecular formula is C31H36BrN3O4S. The van der Waals surface area contributed by atoms with E-state index in [1.807, 2.05) is 37.3 Å². The van der Waals surface area contributed by atoms with E-state index in [0.717, 1.165) is 45.6 Å². The number of carbonyl (C=O) groups is 2. The van der Waals surface area contributed by atoms with Gasteiger partial charge in [-0.1, -0.05) is 77.7 Å². The van der Waals surface area contributed by atoms with Crippen LogP contribution in [0.1, 0.15) is 50.2 Å². The number of sulfonamides is 1. The smallest absolute Gasteiger partial charge is 0.264 e. The van der Waals surface area contributed by atoms with E-state index in [4.69, 9.17) is 0 Å². The number of amides is 2. The highest BCUT2D eigenvalue weighted by Gasteiger charge is 2.33. The molecule has 0 bridgehead atoms. The van der Waals surface area contributed by atoms with Gasteiger partial charge < -0.3 is 10.2 Å². The molecule has 0 saturated heterocycles. The summed E-state index contributed by atoms with van der Waals surface area (Å²) in [6, 6.07) is 22.0. The lowest BCUT2D eigenvalue weighted by Crippen LogP contribution is -2.53. The molecule has 212 valence electrons. The number of nitrogens with one attached hydrogen (secondary N) is 1. The largest absolute Gasteiger partial charge is 0.352 e. The molecule has 9 heteroatoms. The molecule has 0 aliphatic heterocycles. The molecule has 1 saturated carbocycles. The number of nitrogens with zero attached hydrogens (tertiary/aromatic N) is 2. The number of benzene rings is 3. The van der Waals surface area contributed by atoms with Crippen molar-refractivity contribution in [3.05, 3.63) is 94.5 Å². The van der Waals surface area contributed by atoms with Gasteiger partial charge in [-0.3, -0.25) is 13.9 Å². The minimum atomic E-state index is -4.07. The summed E-state index contributed by atoms with van der Waals surface area (Å²) >= 11 is 3.44. The van der Waals surface area contributed by atoms with Crippen LogP contribution in [0, 0.1) is 6.92 Å². The molecule has 1 aliphatic rings. The van der Waals surface area contributed by atoms with E-state index >= 15 is 0 Å². The Morgan fingerprint density at radius 1 is 0.950 bits per heavy atom. The summed E-state index contributed by atoms with van der Waals surface area (Å²) in [5.41, 5.74) is 2.09. The highest BCUT2D eigenvalue weighted by Crippen LogP contribution is 2.26. The van der Waals surface area contributed by atoms with E-state index < -0.39 is 28.5 Å². The highest BCUT2D eigenvalue weighted by atomic mass is 79.9. The first-order chi connectivity index (χ1) is 19.1. The predicted molar refractivity (Wildman–Crippen MR) is 161 cm³/mol. The van der Waals surface area contributed by atoms with E-state index in [-0.39, 0.29) is 23.4 Å². The molecule has 1 atom stereocenters. The maximum absolute atomic E-state index is 14.0. The minimum Gasteiger partial charge on any atom is -0.352 e. The van der Waals surface area contributed by atoms with Crippen molar-refractivity contribution >= 4 is 43.5 Å². The third-order valence-corrected chi connectivity index (χ3v) is 9.60. The van der Waals surface area contributed by atoms with Crippen molar-refractivity contribution in [1.82, 2.24) is 10.2 Å². The third kappa shape index (κ3) is 7.52. The summed E-state index contributed by atoms with van der Waals surface area (Å²) in [6.07, 6.45) is 5.17. The summed E-state index contributed by atoms with van der Waals surface area (Å²) in [7, 11) is -4.07. The first-order valence-electron chi connectivity index (χ1n) is 13.6. The van der Waals surface area contributed by atoms with E-state index in [9.17, 15) is 18.0 Å². The van der Waals surface area contributed by atoms with Crippen molar-refractivity contribution in [1.29, 1.82) is 0 Å². The van der Waals surface area contributed by atoms with Gasteiger partial charge in [0.05, 0.1) is 10.6 Å². The normalized spacial score (nSPS) is 14.8. The molecular weight excluding hydrogens is 590 g/mol. The topological polar surface area (TPSA) is 86.8 Å². The van der Waals surface area contributed by atoms with Crippen LogP contribution in [-0.2, 0) is 26.2 Å². The molecule has 2 amide bonds. The minimum absolute atomic E-state index is 0.0897. The fourth-order valence-corrected chi connectivity index (χ4v) is 6.66. The molecule has 0 unspecified atom stereocenters. The number of rotatable bonds is 10. The monoisotopic (exact) mass is 625 g/mol. The van der Waals surface area contributed by atoms with E-state index in [1.54, 1.807) is 43.3 Å². The van der Waals surface area contributed by atoms with Gasteiger partial charge in [0.15, 0.2) is 0 Å². The maximum Gasteiger partial charge on any atom is 0.264 e. The van der Waals surface area contributed by atoms with Crippen molar-refractivity contribution in [2.24, 2.45) is 0 Å². The van der Waals surface area contributed by atoms with E-state index in [0.29, 0.717) is 5.69 Å². The zero-order valence-corrected chi connectivity index (χ0v) is 25.3. The number of hydrogen-bond donors (Lipinski definition) is 1. The van der Waals surface area contributed by atoms with Crippen molar-refractivity contribution in [3.63, 3.8) is 0 Å². The molecule has 3 aromatic rings. The third-order valence-electron chi connectivity index (χ3n) is 7.28. The highest BCUT2D eigenvalue weighted by molar-refractivity contribution is 9.10. The fraction of sp³-hybridized carbons (Fsp3) is 0.355. The van der Waals surface area contributed by atoms with Gasteiger partial charge in [-0.2, -0.15) is 0 Å². The van der Waals surface area contributed by atoms with Gasteiger partial charge >= 0.3 is 0 Å². The van der Waals surface area contributed by atoms with Crippen molar-refractivity contribution < 1.29 is 18.0 Å². The lowest BCUT2D eigenvalue weighted by molar-refractivity contribution is -0.139. The SMILES string of the molecule is Cc1cccc(N(CC(=O)N(Cc2ccc(Br)cc2)[C@@H](C)C(=O)NC2CCCCC2)S(=O)(=O)c2ccccc2)c1. The zero-order chi connectivity index (χ0) is 28.7. The standard InChI is InChI=1S/C31H36BrN3O4S/c1-23-10-9-13-28(20-23)35(40(38,39)29-14-7-4-8-15-29)22-30(36)34(21-25-16-18-26(32)19-17-25)24(2)31(37)33-27-11-5-3-6-12-27/h4,7-10,13-20,24,27H,3,5-6,11-12,21-22H2,1-2H3,(H,33,37)/t24-/m0/s1. The number of anilines is 1. The van der Waals surface area contributed by atoms with E-state index in [1.165, 1.54) is 23.5 Å². The molecule has 1 aliphatic carbocycles. The quantitative estimate of drug-likeness (QED) is 0.308. The molecule has 40 heavy (non-hydrogen) atoms. The Hall–Kier alpha value is -3.17. The molecule has 0 heterocycles. The van der Waals surface area contributed by atoms with Gasteiger partial charge in [-0.25, -0.2) is 8.42 Å². The van der Waals surface area contributed by atoms with E-state index in [2.05, 4.69) is 21.2 Å². The maximum atomic E-state index is 14.0. The van der Waals surface area contributed by atoms with Crippen LogP contribution >= 0.6 is 15.9 Å². The molecule has 0 spiro atoms. The second kappa shape index (κ2) is 13.5. The fourth-order valence-electron chi connectivity index (χ4n) is 4.97. The molecule has 3 aromatic carbocycles. The molecule has 0 aromatic heterocycles. The Morgan fingerprint density at radius 2 is 1.62 bits per heavy atom. The van der Waals surface area contributed by atoms with Gasteiger partial charge in [-0.05, 0) is 74.2 Å². The van der Waals surface area contributed by atoms with Gasteiger partial charge in [0.2, 0.25) is 11.8 Å². The average Bonchev–Trinajstić information content (AvgIpc) is 2.96. The van der Waals surface area contributed by atoms with Crippen LogP contribution in [0.25, 0.3) is 0 Å². The van der Waals surface area contributed by atoms with Crippen LogP contribution in [0.2, 0.25) is 0 Å². The summed E-state index contributed by atoms with van der Waals surface area (Å²) in [4.78, 5) is 29.0. The number of halogens is 1. The second-order valence-electron chi connectivity index (χ2n) is 10.3. The average molecular weight is 627 g/mol. The summed E-state index contributed by atoms with van der Waals surface area (Å²) < 4.78 is 29.7. The molecule has 7 nitrogen and oxygen atoms in total. The summed E-state index contributed by atoms with van der Waals surface area (Å²) in [6.45, 7) is 3.30. The number of aryl methyl sites for hydroxylation is 1. The van der Waals surface area contributed by atoms with Crippen LogP contribution in [0.15, 0.2) is 88.2 Å². The van der Waals surface area contributed by atoms with Crippen molar-refractivity contribution in [2.75, 3.05) is 10.8 Å². The molecule has 1 N–H and O–H groups in total. The molecule has 0 radical (unpaired) electrons. The summed E-state index contributed by atoms with van der Waals surface area (Å²) in [5.74, 6) is -0.694.